The van der Waals surface area contributed by atoms with Gasteiger partial charge in [0.2, 0.25) is 12.3 Å². The highest BCUT2D eigenvalue weighted by Gasteiger charge is 2.17. The summed E-state index contributed by atoms with van der Waals surface area (Å²) in [7, 11) is 0. The van der Waals surface area contributed by atoms with Crippen LogP contribution in [0, 0.1) is 0 Å². The molecule has 2 aromatic rings. The number of aromatic nitrogens is 1. The number of hydrogen-bond acceptors (Lipinski definition) is 8. The molecule has 23 heavy (non-hydrogen) atoms. The highest BCUT2D eigenvalue weighted by molar-refractivity contribution is 7.13. The van der Waals surface area contributed by atoms with Crippen molar-refractivity contribution in [2.24, 2.45) is 5.16 Å². The van der Waals surface area contributed by atoms with Crippen LogP contribution in [0.3, 0.4) is 0 Å². The molecule has 0 unspecified atom stereocenters. The summed E-state index contributed by atoms with van der Waals surface area (Å²) >= 11 is 1.07. The lowest BCUT2D eigenvalue weighted by Gasteiger charge is -2.04. The first-order valence-electron chi connectivity index (χ1n) is 6.40. The van der Waals surface area contributed by atoms with Gasteiger partial charge in [0.05, 0.1) is 0 Å². The number of esters is 1. The third-order valence-electron chi connectivity index (χ3n) is 2.55. The Balaban J connectivity index is 1.86. The van der Waals surface area contributed by atoms with E-state index in [2.05, 4.69) is 10.1 Å². The Bertz CT molecular complexity index is 714. The number of carboxylic acid groups (broad SMARTS) is 1. The summed E-state index contributed by atoms with van der Waals surface area (Å²) in [5, 5.41) is 14.1. The second-order valence-corrected chi connectivity index (χ2v) is 5.13. The van der Waals surface area contributed by atoms with Crippen LogP contribution in [-0.4, -0.2) is 34.3 Å². The topological polar surface area (TPSA) is 124 Å². The van der Waals surface area contributed by atoms with Gasteiger partial charge in [0, 0.05) is 5.38 Å². The number of rotatable bonds is 7. The maximum absolute atomic E-state index is 11.5. The summed E-state index contributed by atoms with van der Waals surface area (Å²) < 4.78 is 4.97. The van der Waals surface area contributed by atoms with Crippen molar-refractivity contribution in [2.75, 3.05) is 12.3 Å². The van der Waals surface area contributed by atoms with Crippen molar-refractivity contribution in [1.29, 1.82) is 0 Å². The average molecular weight is 335 g/mol. The molecular formula is C14H13N3O5S. The van der Waals surface area contributed by atoms with Crippen LogP contribution in [0.4, 0.5) is 5.13 Å². The third-order valence-corrected chi connectivity index (χ3v) is 3.22. The minimum Gasteiger partial charge on any atom is -0.476 e. The molecule has 0 atom stereocenters. The molecule has 1 heterocycles. The zero-order valence-corrected chi connectivity index (χ0v) is 12.7. The van der Waals surface area contributed by atoms with Crippen molar-refractivity contribution < 1.29 is 24.3 Å². The lowest BCUT2D eigenvalue weighted by Crippen LogP contribution is -2.17. The number of nitrogen functional groups attached to an aromatic ring is 1. The molecule has 0 saturated carbocycles. The van der Waals surface area contributed by atoms with E-state index in [9.17, 15) is 9.59 Å². The van der Waals surface area contributed by atoms with Crippen molar-refractivity contribution in [3.05, 3.63) is 47.0 Å². The molecule has 0 aliphatic carbocycles. The van der Waals surface area contributed by atoms with Gasteiger partial charge in [0.15, 0.2) is 5.13 Å². The molecule has 0 fully saturated rings. The van der Waals surface area contributed by atoms with E-state index in [1.54, 1.807) is 0 Å². The van der Waals surface area contributed by atoms with Crippen LogP contribution >= 0.6 is 11.3 Å². The smallest absolute Gasteiger partial charge is 0.360 e. The summed E-state index contributed by atoms with van der Waals surface area (Å²) in [4.78, 5) is 31.1. The van der Waals surface area contributed by atoms with Crippen molar-refractivity contribution in [3.8, 4) is 0 Å². The lowest BCUT2D eigenvalue weighted by molar-refractivity contribution is -0.150. The van der Waals surface area contributed by atoms with Crippen molar-refractivity contribution >= 4 is 34.1 Å². The minimum atomic E-state index is -1.34. The molecule has 0 bridgehead atoms. The molecule has 8 nitrogen and oxygen atoms in total. The zero-order valence-electron chi connectivity index (χ0n) is 11.8. The van der Waals surface area contributed by atoms with E-state index in [1.807, 2.05) is 30.3 Å². The molecule has 1 aromatic carbocycles. The number of carbonyl (C=O) groups is 2. The highest BCUT2D eigenvalue weighted by atomic mass is 32.1. The van der Waals surface area contributed by atoms with Gasteiger partial charge in [-0.2, -0.15) is 0 Å². The standard InChI is InChI=1S/C14H13N3O5S/c15-14-16-10(8-23-14)12(13(19)20)17-22-7-11(18)21-6-9-4-2-1-3-5-9/h1-5,8H,6-7H2,(H2,15,16)(H,19,20). The molecule has 0 saturated heterocycles. The van der Waals surface area contributed by atoms with Crippen LogP contribution in [0.1, 0.15) is 11.3 Å². The Morgan fingerprint density at radius 2 is 2.04 bits per heavy atom. The summed E-state index contributed by atoms with van der Waals surface area (Å²) in [6.45, 7) is -0.412. The minimum absolute atomic E-state index is 0.0673. The fraction of sp³-hybridized carbons (Fsp3) is 0.143. The number of aliphatic carboxylic acids is 1. The molecule has 0 aliphatic heterocycles. The Labute approximate surface area is 135 Å². The van der Waals surface area contributed by atoms with E-state index in [4.69, 9.17) is 20.4 Å². The number of carboxylic acids is 1. The van der Waals surface area contributed by atoms with Crippen LogP contribution in [0.5, 0.6) is 0 Å². The van der Waals surface area contributed by atoms with Crippen molar-refractivity contribution in [2.45, 2.75) is 6.61 Å². The van der Waals surface area contributed by atoms with Gasteiger partial charge in [0.1, 0.15) is 12.3 Å². The first kappa shape index (κ1) is 16.4. The van der Waals surface area contributed by atoms with E-state index < -0.39 is 24.3 Å². The molecule has 0 amide bonds. The number of hydrogen-bond donors (Lipinski definition) is 2. The molecule has 2 rings (SSSR count). The number of nitrogens with zero attached hydrogens (tertiary/aromatic N) is 2. The Kier molecular flexibility index (Phi) is 5.64. The third kappa shape index (κ3) is 5.08. The fourth-order valence-corrected chi connectivity index (χ4v) is 2.07. The molecule has 120 valence electrons. The van der Waals surface area contributed by atoms with Crippen LogP contribution in [0.15, 0.2) is 40.9 Å². The number of nitrogens with two attached hydrogens (primary N) is 1. The van der Waals surface area contributed by atoms with E-state index in [1.165, 1.54) is 5.38 Å². The molecule has 1 aromatic heterocycles. The summed E-state index contributed by atoms with van der Waals surface area (Å²) in [6.07, 6.45) is 0. The average Bonchev–Trinajstić information content (AvgIpc) is 2.96. The number of oxime groups is 1. The fourth-order valence-electron chi connectivity index (χ4n) is 1.52. The van der Waals surface area contributed by atoms with Crippen molar-refractivity contribution in [3.63, 3.8) is 0 Å². The van der Waals surface area contributed by atoms with E-state index in [0.717, 1.165) is 16.9 Å². The number of carbonyl (C=O) groups excluding carboxylic acids is 1. The second kappa shape index (κ2) is 7.90. The van der Waals surface area contributed by atoms with Gasteiger partial charge >= 0.3 is 11.9 Å². The van der Waals surface area contributed by atoms with Gasteiger partial charge in [-0.1, -0.05) is 35.5 Å². The van der Waals surface area contributed by atoms with E-state index in [-0.39, 0.29) is 17.4 Å². The molecule has 3 N–H and O–H groups in total. The number of anilines is 1. The second-order valence-electron chi connectivity index (χ2n) is 4.24. The number of thiazole rings is 1. The largest absolute Gasteiger partial charge is 0.476 e. The van der Waals surface area contributed by atoms with Gasteiger partial charge in [-0.05, 0) is 5.56 Å². The Morgan fingerprint density at radius 3 is 2.65 bits per heavy atom. The predicted octanol–water partition coefficient (Wildman–Crippen LogP) is 1.27. The van der Waals surface area contributed by atoms with Gasteiger partial charge in [-0.3, -0.25) is 0 Å². The van der Waals surface area contributed by atoms with Gasteiger partial charge in [-0.15, -0.1) is 11.3 Å². The van der Waals surface area contributed by atoms with Crippen LogP contribution in [0.25, 0.3) is 0 Å². The van der Waals surface area contributed by atoms with Crippen LogP contribution < -0.4 is 5.73 Å². The van der Waals surface area contributed by atoms with Gasteiger partial charge in [0.25, 0.3) is 0 Å². The Hall–Kier alpha value is -2.94. The molecule has 0 spiro atoms. The first-order valence-corrected chi connectivity index (χ1v) is 7.28. The molecule has 0 radical (unpaired) electrons. The van der Waals surface area contributed by atoms with E-state index >= 15 is 0 Å². The monoisotopic (exact) mass is 335 g/mol. The number of ether oxygens (including phenoxy) is 1. The molecular weight excluding hydrogens is 322 g/mol. The predicted molar refractivity (Wildman–Crippen MR) is 82.9 cm³/mol. The van der Waals surface area contributed by atoms with Gasteiger partial charge < -0.3 is 20.4 Å². The maximum atomic E-state index is 11.5. The summed E-state index contributed by atoms with van der Waals surface area (Å²) in [5.41, 5.74) is 5.89. The van der Waals surface area contributed by atoms with Crippen LogP contribution in [-0.2, 0) is 25.8 Å². The first-order chi connectivity index (χ1) is 11.1. The summed E-state index contributed by atoms with van der Waals surface area (Å²) in [5.74, 6) is -2.01. The SMILES string of the molecule is Nc1nc(C(=NOCC(=O)OCc2ccccc2)C(=O)O)cs1. The lowest BCUT2D eigenvalue weighted by atomic mass is 10.2. The Morgan fingerprint density at radius 1 is 1.30 bits per heavy atom. The highest BCUT2D eigenvalue weighted by Crippen LogP contribution is 2.12. The normalized spacial score (nSPS) is 11.0. The van der Waals surface area contributed by atoms with Gasteiger partial charge in [-0.25, -0.2) is 14.6 Å². The van der Waals surface area contributed by atoms with Crippen molar-refractivity contribution in [1.82, 2.24) is 4.98 Å². The zero-order chi connectivity index (χ0) is 16.7. The van der Waals surface area contributed by atoms with E-state index in [0.29, 0.717) is 0 Å². The van der Waals surface area contributed by atoms with Crippen LogP contribution in [0.2, 0.25) is 0 Å². The number of benzene rings is 1. The maximum Gasteiger partial charge on any atom is 0.360 e. The molecule has 9 heteroatoms. The quantitative estimate of drug-likeness (QED) is 0.443. The molecule has 0 aliphatic rings. The summed E-state index contributed by atoms with van der Waals surface area (Å²) in [6, 6.07) is 9.11.